The van der Waals surface area contributed by atoms with E-state index in [-0.39, 0.29) is 33.6 Å². The first-order valence-corrected chi connectivity index (χ1v) is 6.48. The Bertz CT molecular complexity index is 1100. The van der Waals surface area contributed by atoms with Crippen LogP contribution >= 0.6 is 0 Å². The lowest BCUT2D eigenvalue weighted by Crippen LogP contribution is -2.02. The number of fused-ring (bicyclic) bond motifs is 4. The molecule has 0 saturated carbocycles. The average Bonchev–Trinajstić information content (AvgIpc) is 2.85. The van der Waals surface area contributed by atoms with Crippen LogP contribution in [0.2, 0.25) is 0 Å². The largest absolute Gasteiger partial charge is 0.504 e. The number of phenols is 2. The standard InChI is InChI=1S/C16H10O6/c1-20-15-8(17)6-10-12(14(15)19)13(18)11-7-4-2-3-5-9(7)21-16(11)22-10/h2-6,17,19H,1H3. The molecule has 0 bridgehead atoms. The molecule has 6 nitrogen and oxygen atoms in total. The number of para-hydroxylation sites is 1. The Labute approximate surface area is 122 Å². The molecule has 0 unspecified atom stereocenters. The minimum absolute atomic E-state index is 0.0207. The third-order valence-electron chi connectivity index (χ3n) is 3.62. The summed E-state index contributed by atoms with van der Waals surface area (Å²) in [6.07, 6.45) is 0. The summed E-state index contributed by atoms with van der Waals surface area (Å²) in [5.74, 6) is -0.917. The summed E-state index contributed by atoms with van der Waals surface area (Å²) in [6, 6.07) is 8.22. The lowest BCUT2D eigenvalue weighted by Gasteiger charge is -2.07. The van der Waals surface area contributed by atoms with Gasteiger partial charge in [-0.15, -0.1) is 0 Å². The van der Waals surface area contributed by atoms with Gasteiger partial charge in [-0.25, -0.2) is 0 Å². The number of rotatable bonds is 1. The molecule has 2 heterocycles. The molecule has 4 aromatic rings. The lowest BCUT2D eigenvalue weighted by atomic mass is 10.1. The quantitative estimate of drug-likeness (QED) is 0.561. The zero-order chi connectivity index (χ0) is 15.4. The minimum Gasteiger partial charge on any atom is -0.504 e. The van der Waals surface area contributed by atoms with Crippen LogP contribution < -0.4 is 10.2 Å². The van der Waals surface area contributed by atoms with Crippen LogP contribution in [-0.2, 0) is 0 Å². The van der Waals surface area contributed by atoms with Gasteiger partial charge in [0.25, 0.3) is 0 Å². The van der Waals surface area contributed by atoms with Gasteiger partial charge in [0.1, 0.15) is 21.9 Å². The van der Waals surface area contributed by atoms with E-state index in [1.807, 2.05) is 0 Å². The van der Waals surface area contributed by atoms with Crippen LogP contribution in [0.4, 0.5) is 0 Å². The van der Waals surface area contributed by atoms with E-state index in [1.54, 1.807) is 24.3 Å². The summed E-state index contributed by atoms with van der Waals surface area (Å²) >= 11 is 0. The molecule has 0 atom stereocenters. The predicted octanol–water partition coefficient (Wildman–Crippen LogP) is 3.11. The van der Waals surface area contributed by atoms with E-state index in [9.17, 15) is 15.0 Å². The highest BCUT2D eigenvalue weighted by molar-refractivity contribution is 6.07. The highest BCUT2D eigenvalue weighted by atomic mass is 16.5. The number of benzene rings is 2. The molecule has 2 aromatic carbocycles. The predicted molar refractivity (Wildman–Crippen MR) is 79.6 cm³/mol. The first-order chi connectivity index (χ1) is 10.6. The zero-order valence-corrected chi connectivity index (χ0v) is 11.4. The van der Waals surface area contributed by atoms with Crippen LogP contribution in [0.15, 0.2) is 44.0 Å². The molecule has 22 heavy (non-hydrogen) atoms. The summed E-state index contributed by atoms with van der Waals surface area (Å²) in [7, 11) is 1.29. The number of furan rings is 1. The first kappa shape index (κ1) is 12.6. The van der Waals surface area contributed by atoms with Crippen molar-refractivity contribution < 1.29 is 23.8 Å². The van der Waals surface area contributed by atoms with Gasteiger partial charge in [-0.3, -0.25) is 4.79 Å². The van der Waals surface area contributed by atoms with Gasteiger partial charge in [0.15, 0.2) is 11.5 Å². The SMILES string of the molecule is COc1c(O)cc2oc3oc4ccccc4c3c(=O)c2c1O. The first-order valence-electron chi connectivity index (χ1n) is 6.48. The van der Waals surface area contributed by atoms with Crippen LogP contribution in [0.3, 0.4) is 0 Å². The van der Waals surface area contributed by atoms with Gasteiger partial charge in [-0.2, -0.15) is 0 Å². The molecular formula is C16H10O6. The van der Waals surface area contributed by atoms with Crippen molar-refractivity contribution in [2.75, 3.05) is 7.11 Å². The van der Waals surface area contributed by atoms with Crippen molar-refractivity contribution in [3.8, 4) is 17.2 Å². The maximum atomic E-state index is 12.7. The molecule has 0 spiro atoms. The summed E-state index contributed by atoms with van der Waals surface area (Å²) in [6.45, 7) is 0. The van der Waals surface area contributed by atoms with Crippen LogP contribution in [-0.4, -0.2) is 17.3 Å². The smallest absolute Gasteiger partial charge is 0.302 e. The van der Waals surface area contributed by atoms with E-state index >= 15 is 0 Å². The third-order valence-corrected chi connectivity index (χ3v) is 3.62. The monoisotopic (exact) mass is 298 g/mol. The molecule has 0 amide bonds. The van der Waals surface area contributed by atoms with Crippen molar-refractivity contribution in [3.05, 3.63) is 40.6 Å². The molecule has 0 aliphatic heterocycles. The fraction of sp³-hybridized carbons (Fsp3) is 0.0625. The Balaban J connectivity index is 2.31. The van der Waals surface area contributed by atoms with E-state index in [4.69, 9.17) is 13.6 Å². The molecular weight excluding hydrogens is 288 g/mol. The number of methoxy groups -OCH3 is 1. The maximum Gasteiger partial charge on any atom is 0.302 e. The van der Waals surface area contributed by atoms with Gasteiger partial charge in [0.2, 0.25) is 11.2 Å². The molecule has 2 N–H and O–H groups in total. The van der Waals surface area contributed by atoms with Gasteiger partial charge in [0.05, 0.1) is 7.11 Å². The van der Waals surface area contributed by atoms with E-state index < -0.39 is 11.2 Å². The summed E-state index contributed by atoms with van der Waals surface area (Å²) in [5, 5.41) is 20.8. The number of aromatic hydroxyl groups is 2. The van der Waals surface area contributed by atoms with Crippen LogP contribution in [0.25, 0.3) is 33.1 Å². The Morgan fingerprint density at radius 3 is 2.55 bits per heavy atom. The molecule has 6 heteroatoms. The fourth-order valence-corrected chi connectivity index (χ4v) is 2.65. The van der Waals surface area contributed by atoms with Crippen molar-refractivity contribution in [2.24, 2.45) is 0 Å². The van der Waals surface area contributed by atoms with E-state index in [0.29, 0.717) is 11.0 Å². The minimum atomic E-state index is -0.460. The summed E-state index contributed by atoms with van der Waals surface area (Å²) in [5.41, 5.74) is 0.0775. The Morgan fingerprint density at radius 1 is 1.05 bits per heavy atom. The summed E-state index contributed by atoms with van der Waals surface area (Å²) in [4.78, 5) is 12.7. The van der Waals surface area contributed by atoms with Crippen molar-refractivity contribution in [3.63, 3.8) is 0 Å². The van der Waals surface area contributed by atoms with Gasteiger partial charge in [-0.05, 0) is 6.07 Å². The molecule has 0 radical (unpaired) electrons. The Hall–Kier alpha value is -3.15. The topological polar surface area (TPSA) is 93.0 Å². The third kappa shape index (κ3) is 1.46. The molecule has 110 valence electrons. The molecule has 4 rings (SSSR count). The number of ether oxygens (including phenoxy) is 1. The molecule has 0 aliphatic rings. The number of hydrogen-bond donors (Lipinski definition) is 2. The second kappa shape index (κ2) is 4.17. The van der Waals surface area contributed by atoms with E-state index in [1.165, 1.54) is 13.2 Å². The maximum absolute atomic E-state index is 12.7. The molecule has 0 fully saturated rings. The van der Waals surface area contributed by atoms with Crippen LogP contribution in [0, 0.1) is 0 Å². The van der Waals surface area contributed by atoms with Gasteiger partial charge >= 0.3 is 5.78 Å². The van der Waals surface area contributed by atoms with Crippen LogP contribution in [0.5, 0.6) is 17.2 Å². The van der Waals surface area contributed by atoms with Gasteiger partial charge in [-0.1, -0.05) is 18.2 Å². The number of hydrogen-bond acceptors (Lipinski definition) is 6. The second-order valence-corrected chi connectivity index (χ2v) is 4.84. The molecule has 0 saturated heterocycles. The van der Waals surface area contributed by atoms with E-state index in [0.717, 1.165) is 0 Å². The highest BCUT2D eigenvalue weighted by Crippen LogP contribution is 2.42. The van der Waals surface area contributed by atoms with Crippen molar-refractivity contribution >= 4 is 33.1 Å². The second-order valence-electron chi connectivity index (χ2n) is 4.84. The zero-order valence-electron chi connectivity index (χ0n) is 11.4. The van der Waals surface area contributed by atoms with Gasteiger partial charge in [0, 0.05) is 11.5 Å². The Morgan fingerprint density at radius 2 is 1.77 bits per heavy atom. The van der Waals surface area contributed by atoms with Crippen molar-refractivity contribution in [2.45, 2.75) is 0 Å². The van der Waals surface area contributed by atoms with Crippen molar-refractivity contribution in [1.29, 1.82) is 0 Å². The number of phenolic OH excluding ortho intramolecular Hbond substituents is 2. The van der Waals surface area contributed by atoms with Crippen LogP contribution in [0.1, 0.15) is 0 Å². The highest BCUT2D eigenvalue weighted by Gasteiger charge is 2.22. The van der Waals surface area contributed by atoms with Crippen molar-refractivity contribution in [1.82, 2.24) is 0 Å². The van der Waals surface area contributed by atoms with Gasteiger partial charge < -0.3 is 23.8 Å². The Kier molecular flexibility index (Phi) is 2.39. The lowest BCUT2D eigenvalue weighted by molar-refractivity contribution is 0.346. The van der Waals surface area contributed by atoms with E-state index in [2.05, 4.69) is 0 Å². The molecule has 2 aromatic heterocycles. The fourth-order valence-electron chi connectivity index (χ4n) is 2.65. The molecule has 0 aliphatic carbocycles. The summed E-state index contributed by atoms with van der Waals surface area (Å²) < 4.78 is 16.0. The normalized spacial score (nSPS) is 11.5. The average molecular weight is 298 g/mol.